The van der Waals surface area contributed by atoms with E-state index in [1.807, 2.05) is 47.3 Å². The minimum absolute atomic E-state index is 0.634. The molecule has 2 aromatic heterocycles. The molecule has 0 bridgehead atoms. The van der Waals surface area contributed by atoms with Gasteiger partial charge >= 0.3 is 0 Å². The third-order valence-corrected chi connectivity index (χ3v) is 3.82. The minimum Gasteiger partial charge on any atom is -0.363 e. The highest BCUT2D eigenvalue weighted by molar-refractivity contribution is 5.38. The number of rotatable bonds is 6. The summed E-state index contributed by atoms with van der Waals surface area (Å²) >= 11 is 0. The summed E-state index contributed by atoms with van der Waals surface area (Å²) < 4.78 is 1.90. The van der Waals surface area contributed by atoms with Crippen molar-refractivity contribution in [2.75, 3.05) is 12.4 Å². The second-order valence-electron chi connectivity index (χ2n) is 5.60. The average molecular weight is 331 g/mol. The van der Waals surface area contributed by atoms with E-state index in [2.05, 4.69) is 34.0 Å². The molecule has 3 rings (SSSR count). The average Bonchev–Trinajstić information content (AvgIpc) is 2.67. The van der Waals surface area contributed by atoms with Gasteiger partial charge in [0.25, 0.3) is 0 Å². The molecule has 3 aromatic rings. The highest BCUT2D eigenvalue weighted by Gasteiger charge is 2.07. The third kappa shape index (κ3) is 4.20. The highest BCUT2D eigenvalue weighted by atomic mass is 15.1. The van der Waals surface area contributed by atoms with Crippen LogP contribution in [-0.4, -0.2) is 21.6 Å². The normalized spacial score (nSPS) is 11.3. The molecule has 0 aliphatic rings. The van der Waals surface area contributed by atoms with Crippen molar-refractivity contribution in [1.82, 2.24) is 14.5 Å². The van der Waals surface area contributed by atoms with Crippen molar-refractivity contribution in [3.8, 4) is 0 Å². The predicted octanol–water partition coefficient (Wildman–Crippen LogP) is 3.11. The van der Waals surface area contributed by atoms with Gasteiger partial charge in [-0.15, -0.1) is 0 Å². The first-order chi connectivity index (χ1) is 12.3. The van der Waals surface area contributed by atoms with Crippen molar-refractivity contribution in [3.05, 3.63) is 89.9 Å². The lowest BCUT2D eigenvalue weighted by Crippen LogP contribution is -2.24. The molecule has 0 radical (unpaired) electrons. The maximum absolute atomic E-state index is 4.77. The molecule has 2 heterocycles. The van der Waals surface area contributed by atoms with Crippen LogP contribution in [-0.2, 0) is 13.0 Å². The lowest BCUT2D eigenvalue weighted by Gasteiger charge is -2.12. The second kappa shape index (κ2) is 8.06. The molecule has 0 unspecified atom stereocenters. The van der Waals surface area contributed by atoms with E-state index in [0.717, 1.165) is 29.0 Å². The first kappa shape index (κ1) is 16.6. The summed E-state index contributed by atoms with van der Waals surface area (Å²) in [6, 6.07) is 14.2. The summed E-state index contributed by atoms with van der Waals surface area (Å²) in [5, 5.41) is 3.37. The number of anilines is 1. The van der Waals surface area contributed by atoms with E-state index in [-0.39, 0.29) is 0 Å². The fraction of sp³-hybridized carbons (Fsp3) is 0.150. The quantitative estimate of drug-likeness (QED) is 0.755. The molecule has 0 saturated heterocycles. The van der Waals surface area contributed by atoms with Crippen molar-refractivity contribution < 1.29 is 0 Å². The van der Waals surface area contributed by atoms with Crippen LogP contribution in [0.15, 0.2) is 72.6 Å². The van der Waals surface area contributed by atoms with Gasteiger partial charge in [-0.1, -0.05) is 43.0 Å². The summed E-state index contributed by atoms with van der Waals surface area (Å²) in [7, 11) is 1.75. The van der Waals surface area contributed by atoms with Crippen LogP contribution in [0.25, 0.3) is 6.20 Å². The minimum atomic E-state index is 0.634. The Morgan fingerprint density at radius 1 is 1.16 bits per heavy atom. The number of nitrogens with one attached hydrogen (secondary N) is 1. The highest BCUT2D eigenvalue weighted by Crippen LogP contribution is 2.09. The monoisotopic (exact) mass is 331 g/mol. The number of aromatic nitrogens is 3. The SMILES string of the molecule is C=Cn1cc(Cc2ccccc2)nc(NCc2cccnc2)c1=NC. The van der Waals surface area contributed by atoms with Crippen LogP contribution in [0.1, 0.15) is 16.8 Å². The van der Waals surface area contributed by atoms with Crippen LogP contribution in [0.5, 0.6) is 0 Å². The summed E-state index contributed by atoms with van der Waals surface area (Å²) in [6.07, 6.45) is 8.07. The molecule has 1 aromatic carbocycles. The number of hydrogen-bond donors (Lipinski definition) is 1. The molecule has 5 heteroatoms. The van der Waals surface area contributed by atoms with Crippen molar-refractivity contribution in [2.24, 2.45) is 4.99 Å². The predicted molar refractivity (Wildman–Crippen MR) is 101 cm³/mol. The van der Waals surface area contributed by atoms with Crippen LogP contribution in [0.2, 0.25) is 0 Å². The Labute approximate surface area is 147 Å². The standard InChI is InChI=1S/C20H21N5/c1-3-25-15-18(12-16-8-5-4-6-9-16)24-19(20(25)21-2)23-14-17-10-7-11-22-13-17/h3-11,13,15H,1,12,14H2,2H3,(H,23,24). The van der Waals surface area contributed by atoms with Gasteiger partial charge in [0.1, 0.15) is 0 Å². The lowest BCUT2D eigenvalue weighted by atomic mass is 10.1. The van der Waals surface area contributed by atoms with Gasteiger partial charge in [0.05, 0.1) is 5.69 Å². The van der Waals surface area contributed by atoms with Crippen LogP contribution in [0.3, 0.4) is 0 Å². The molecule has 1 N–H and O–H groups in total. The van der Waals surface area contributed by atoms with Gasteiger partial charge in [0.15, 0.2) is 11.3 Å². The van der Waals surface area contributed by atoms with Crippen LogP contribution in [0.4, 0.5) is 5.82 Å². The van der Waals surface area contributed by atoms with Gasteiger partial charge in [0, 0.05) is 44.8 Å². The van der Waals surface area contributed by atoms with Gasteiger partial charge < -0.3 is 9.88 Å². The van der Waals surface area contributed by atoms with Gasteiger partial charge in [-0.2, -0.15) is 0 Å². The Morgan fingerprint density at radius 2 is 1.96 bits per heavy atom. The fourth-order valence-corrected chi connectivity index (χ4v) is 2.62. The van der Waals surface area contributed by atoms with E-state index in [0.29, 0.717) is 6.54 Å². The largest absolute Gasteiger partial charge is 0.363 e. The number of benzene rings is 1. The Bertz CT molecular complexity index is 898. The van der Waals surface area contributed by atoms with Gasteiger partial charge in [0.2, 0.25) is 0 Å². The zero-order valence-corrected chi connectivity index (χ0v) is 14.3. The molecule has 0 fully saturated rings. The zero-order valence-electron chi connectivity index (χ0n) is 14.3. The summed E-state index contributed by atoms with van der Waals surface area (Å²) in [4.78, 5) is 13.3. The Kier molecular flexibility index (Phi) is 5.36. The topological polar surface area (TPSA) is 55.1 Å². The van der Waals surface area contributed by atoms with Gasteiger partial charge in [-0.05, 0) is 17.2 Å². The number of nitrogens with zero attached hydrogens (tertiary/aromatic N) is 4. The lowest BCUT2D eigenvalue weighted by molar-refractivity contribution is 0.898. The molecule has 0 spiro atoms. The summed E-state index contributed by atoms with van der Waals surface area (Å²) in [5.74, 6) is 0.736. The second-order valence-corrected chi connectivity index (χ2v) is 5.60. The van der Waals surface area contributed by atoms with E-state index < -0.39 is 0 Å². The molecule has 5 nitrogen and oxygen atoms in total. The number of hydrogen-bond acceptors (Lipinski definition) is 4. The molecular weight excluding hydrogens is 310 g/mol. The molecule has 0 aliphatic heterocycles. The van der Waals surface area contributed by atoms with Crippen molar-refractivity contribution in [3.63, 3.8) is 0 Å². The van der Waals surface area contributed by atoms with E-state index >= 15 is 0 Å². The van der Waals surface area contributed by atoms with Crippen molar-refractivity contribution in [1.29, 1.82) is 0 Å². The first-order valence-corrected chi connectivity index (χ1v) is 8.14. The van der Waals surface area contributed by atoms with E-state index in [1.165, 1.54) is 5.56 Å². The van der Waals surface area contributed by atoms with Crippen molar-refractivity contribution in [2.45, 2.75) is 13.0 Å². The van der Waals surface area contributed by atoms with E-state index in [1.54, 1.807) is 19.4 Å². The maximum atomic E-state index is 4.77. The first-order valence-electron chi connectivity index (χ1n) is 8.14. The Morgan fingerprint density at radius 3 is 2.64 bits per heavy atom. The number of pyridine rings is 1. The molecule has 25 heavy (non-hydrogen) atoms. The molecule has 0 atom stereocenters. The molecule has 0 saturated carbocycles. The molecular formula is C20H21N5. The Hall–Kier alpha value is -3.21. The third-order valence-electron chi connectivity index (χ3n) is 3.82. The zero-order chi connectivity index (χ0) is 17.5. The van der Waals surface area contributed by atoms with Crippen molar-refractivity contribution >= 4 is 12.0 Å². The van der Waals surface area contributed by atoms with Crippen LogP contribution >= 0.6 is 0 Å². The summed E-state index contributed by atoms with van der Waals surface area (Å²) in [6.45, 7) is 4.52. The maximum Gasteiger partial charge on any atom is 0.175 e. The smallest absolute Gasteiger partial charge is 0.175 e. The van der Waals surface area contributed by atoms with E-state index in [4.69, 9.17) is 4.98 Å². The molecule has 0 aliphatic carbocycles. The van der Waals surface area contributed by atoms with Crippen LogP contribution < -0.4 is 10.8 Å². The fourth-order valence-electron chi connectivity index (χ4n) is 2.62. The molecule has 126 valence electrons. The van der Waals surface area contributed by atoms with Crippen LogP contribution in [0, 0.1) is 0 Å². The summed E-state index contributed by atoms with van der Waals surface area (Å²) in [5.41, 5.74) is 4.00. The molecule has 0 amide bonds. The van der Waals surface area contributed by atoms with Gasteiger partial charge in [-0.3, -0.25) is 9.98 Å². The van der Waals surface area contributed by atoms with Gasteiger partial charge in [-0.25, -0.2) is 4.98 Å². The Balaban J connectivity index is 1.92. The van der Waals surface area contributed by atoms with E-state index in [9.17, 15) is 0 Å².